The topological polar surface area (TPSA) is 55.1 Å². The van der Waals surface area contributed by atoms with Gasteiger partial charge in [-0.1, -0.05) is 11.6 Å². The zero-order valence-electron chi connectivity index (χ0n) is 9.63. The third kappa shape index (κ3) is 1.69. The summed E-state index contributed by atoms with van der Waals surface area (Å²) in [6, 6.07) is 3.64. The van der Waals surface area contributed by atoms with Gasteiger partial charge in [0.05, 0.1) is 6.20 Å². The van der Waals surface area contributed by atoms with Crippen molar-refractivity contribution < 1.29 is 0 Å². The first-order valence-corrected chi connectivity index (χ1v) is 5.79. The smallest absolute Gasteiger partial charge is 0.157 e. The summed E-state index contributed by atoms with van der Waals surface area (Å²) in [6.45, 7) is 0. The predicted molar refractivity (Wildman–Crippen MR) is 70.8 cm³/mol. The van der Waals surface area contributed by atoms with Crippen molar-refractivity contribution in [2.75, 3.05) is 12.4 Å². The number of fused-ring (bicyclic) bond motifs is 1. The normalized spacial score (nSPS) is 10.8. The highest BCUT2D eigenvalue weighted by Crippen LogP contribution is 2.27. The van der Waals surface area contributed by atoms with Gasteiger partial charge in [0.2, 0.25) is 0 Å². The maximum atomic E-state index is 5.79. The number of anilines is 1. The highest BCUT2D eigenvalue weighted by Gasteiger charge is 2.12. The molecule has 0 saturated heterocycles. The highest BCUT2D eigenvalue weighted by molar-refractivity contribution is 6.29. The van der Waals surface area contributed by atoms with Crippen LogP contribution in [-0.4, -0.2) is 26.4 Å². The van der Waals surface area contributed by atoms with Crippen LogP contribution >= 0.6 is 11.6 Å². The third-order valence-corrected chi connectivity index (χ3v) is 2.89. The molecule has 5 nitrogen and oxygen atoms in total. The van der Waals surface area contributed by atoms with Gasteiger partial charge in [-0.15, -0.1) is 0 Å². The van der Waals surface area contributed by atoms with Crippen molar-refractivity contribution in [2.45, 2.75) is 0 Å². The van der Waals surface area contributed by atoms with Gasteiger partial charge >= 0.3 is 0 Å². The van der Waals surface area contributed by atoms with Gasteiger partial charge in [0.15, 0.2) is 5.65 Å². The Morgan fingerprint density at radius 3 is 2.89 bits per heavy atom. The largest absolute Gasteiger partial charge is 0.372 e. The van der Waals surface area contributed by atoms with E-state index in [2.05, 4.69) is 20.3 Å². The van der Waals surface area contributed by atoms with Crippen LogP contribution in [0.1, 0.15) is 0 Å². The van der Waals surface area contributed by atoms with Gasteiger partial charge in [0, 0.05) is 31.2 Å². The van der Waals surface area contributed by atoms with Crippen LogP contribution in [0.4, 0.5) is 5.82 Å². The fraction of sp³-hybridized carbons (Fsp3) is 0.0833. The first-order valence-electron chi connectivity index (χ1n) is 5.41. The molecule has 0 fully saturated rings. The second-order valence-corrected chi connectivity index (χ2v) is 4.12. The Kier molecular flexibility index (Phi) is 2.60. The molecule has 0 bridgehead atoms. The number of hydrogen-bond donors (Lipinski definition) is 1. The second kappa shape index (κ2) is 4.27. The lowest BCUT2D eigenvalue weighted by atomic mass is 10.2. The summed E-state index contributed by atoms with van der Waals surface area (Å²) in [5, 5.41) is 3.61. The van der Waals surface area contributed by atoms with Crippen LogP contribution in [0.5, 0.6) is 0 Å². The average Bonchev–Trinajstić information content (AvgIpc) is 2.78. The van der Waals surface area contributed by atoms with Gasteiger partial charge in [0.25, 0.3) is 0 Å². The van der Waals surface area contributed by atoms with Gasteiger partial charge in [-0.05, 0) is 12.1 Å². The third-order valence-electron chi connectivity index (χ3n) is 2.67. The van der Waals surface area contributed by atoms with Crippen molar-refractivity contribution in [1.29, 1.82) is 0 Å². The van der Waals surface area contributed by atoms with Crippen LogP contribution in [0.15, 0.2) is 36.9 Å². The molecule has 0 spiro atoms. The van der Waals surface area contributed by atoms with E-state index in [4.69, 9.17) is 11.6 Å². The summed E-state index contributed by atoms with van der Waals surface area (Å²) in [5.74, 6) is 0.900. The quantitative estimate of drug-likeness (QED) is 0.719. The number of aromatic nitrogens is 4. The summed E-state index contributed by atoms with van der Waals surface area (Å²) < 4.78 is 1.94. The molecule has 0 aliphatic rings. The summed E-state index contributed by atoms with van der Waals surface area (Å²) >= 11 is 5.79. The van der Waals surface area contributed by atoms with Crippen LogP contribution in [-0.2, 0) is 0 Å². The Hall–Kier alpha value is -2.14. The Balaban J connectivity index is 2.25. The number of halogens is 1. The Morgan fingerprint density at radius 1 is 1.28 bits per heavy atom. The van der Waals surface area contributed by atoms with Crippen LogP contribution in [0.2, 0.25) is 5.15 Å². The molecule has 6 heteroatoms. The number of imidazole rings is 1. The maximum absolute atomic E-state index is 5.79. The van der Waals surface area contributed by atoms with E-state index < -0.39 is 0 Å². The van der Waals surface area contributed by atoms with Crippen LogP contribution < -0.4 is 5.32 Å². The molecule has 0 aromatic carbocycles. The minimum Gasteiger partial charge on any atom is -0.372 e. The van der Waals surface area contributed by atoms with Crippen molar-refractivity contribution in [3.63, 3.8) is 0 Å². The first kappa shape index (κ1) is 11.0. The molecule has 0 aliphatic carbocycles. The van der Waals surface area contributed by atoms with E-state index in [0.717, 1.165) is 22.7 Å². The molecule has 3 aromatic rings. The molecular weight excluding hydrogens is 250 g/mol. The van der Waals surface area contributed by atoms with Gasteiger partial charge in [0.1, 0.15) is 16.7 Å². The van der Waals surface area contributed by atoms with Crippen molar-refractivity contribution in [2.24, 2.45) is 0 Å². The number of pyridine rings is 1. The molecule has 90 valence electrons. The molecule has 0 radical (unpaired) electrons. The van der Waals surface area contributed by atoms with E-state index in [-0.39, 0.29) is 0 Å². The lowest BCUT2D eigenvalue weighted by Crippen LogP contribution is -1.95. The standard InChI is InChI=1S/C12H10ClN5/c1-14-12-11(8-2-3-9(13)16-6-8)17-10-7-15-4-5-18(10)12/h2-7,14H,1H3. The molecule has 3 aromatic heterocycles. The van der Waals surface area contributed by atoms with Gasteiger partial charge in [-0.2, -0.15) is 0 Å². The van der Waals surface area contributed by atoms with E-state index in [9.17, 15) is 0 Å². The van der Waals surface area contributed by atoms with E-state index in [1.165, 1.54) is 0 Å². The van der Waals surface area contributed by atoms with E-state index in [1.54, 1.807) is 24.7 Å². The molecule has 0 atom stereocenters. The van der Waals surface area contributed by atoms with Crippen molar-refractivity contribution in [3.05, 3.63) is 42.1 Å². The van der Waals surface area contributed by atoms with Crippen LogP contribution in [0.3, 0.4) is 0 Å². The Bertz CT molecular complexity index is 689. The summed E-state index contributed by atoms with van der Waals surface area (Å²) in [6.07, 6.45) is 7.01. The van der Waals surface area contributed by atoms with Crippen molar-refractivity contribution in [1.82, 2.24) is 19.4 Å². The zero-order valence-corrected chi connectivity index (χ0v) is 10.4. The zero-order chi connectivity index (χ0) is 12.5. The Labute approximate surface area is 108 Å². The molecule has 18 heavy (non-hydrogen) atoms. The van der Waals surface area contributed by atoms with E-state index in [0.29, 0.717) is 5.15 Å². The molecule has 3 rings (SSSR count). The number of hydrogen-bond acceptors (Lipinski definition) is 4. The monoisotopic (exact) mass is 259 g/mol. The van der Waals surface area contributed by atoms with Gasteiger partial charge in [-0.3, -0.25) is 9.38 Å². The van der Waals surface area contributed by atoms with Crippen molar-refractivity contribution >= 4 is 23.1 Å². The predicted octanol–water partition coefficient (Wildman–Crippen LogP) is 2.49. The summed E-state index contributed by atoms with van der Waals surface area (Å²) in [5.41, 5.74) is 2.52. The lowest BCUT2D eigenvalue weighted by Gasteiger charge is -2.03. The number of nitrogens with zero attached hydrogens (tertiary/aromatic N) is 4. The summed E-state index contributed by atoms with van der Waals surface area (Å²) in [4.78, 5) is 12.7. The average molecular weight is 260 g/mol. The number of nitrogens with one attached hydrogen (secondary N) is 1. The minimum absolute atomic E-state index is 0.468. The van der Waals surface area contributed by atoms with E-state index >= 15 is 0 Å². The molecule has 0 saturated carbocycles. The molecule has 0 unspecified atom stereocenters. The lowest BCUT2D eigenvalue weighted by molar-refractivity contribution is 1.12. The van der Waals surface area contributed by atoms with Crippen LogP contribution in [0, 0.1) is 0 Å². The fourth-order valence-electron chi connectivity index (χ4n) is 1.86. The van der Waals surface area contributed by atoms with Gasteiger partial charge < -0.3 is 5.32 Å². The fourth-order valence-corrected chi connectivity index (χ4v) is 1.97. The molecule has 1 N–H and O–H groups in total. The van der Waals surface area contributed by atoms with Gasteiger partial charge in [-0.25, -0.2) is 9.97 Å². The van der Waals surface area contributed by atoms with E-state index in [1.807, 2.05) is 23.7 Å². The molecule has 3 heterocycles. The van der Waals surface area contributed by atoms with Crippen LogP contribution in [0.25, 0.3) is 16.9 Å². The number of rotatable bonds is 2. The second-order valence-electron chi connectivity index (χ2n) is 3.73. The molecular formula is C12H10ClN5. The maximum Gasteiger partial charge on any atom is 0.157 e. The van der Waals surface area contributed by atoms with Crippen molar-refractivity contribution in [3.8, 4) is 11.3 Å². The Morgan fingerprint density at radius 2 is 2.17 bits per heavy atom. The first-order chi connectivity index (χ1) is 8.79. The SMILES string of the molecule is CNc1c(-c2ccc(Cl)nc2)nc2cnccn12. The summed E-state index contributed by atoms with van der Waals surface area (Å²) in [7, 11) is 1.86. The minimum atomic E-state index is 0.468. The molecule has 0 aliphatic heterocycles. The molecule has 0 amide bonds. The highest BCUT2D eigenvalue weighted by atomic mass is 35.5.